The van der Waals surface area contributed by atoms with Gasteiger partial charge in [0.25, 0.3) is 0 Å². The van der Waals surface area contributed by atoms with E-state index in [0.717, 1.165) is 25.7 Å². The quantitative estimate of drug-likeness (QED) is 0.327. The highest BCUT2D eigenvalue weighted by molar-refractivity contribution is 5.82. The average molecular weight is 240 g/mol. The number of fused-ring (bicyclic) bond motifs is 1. The molecule has 0 bridgehead atoms. The van der Waals surface area contributed by atoms with Crippen LogP contribution in [-0.4, -0.2) is 59.6 Å². The number of amidine groups is 1. The van der Waals surface area contributed by atoms with Crippen molar-refractivity contribution in [2.45, 2.75) is 32.2 Å². The summed E-state index contributed by atoms with van der Waals surface area (Å²) in [6.07, 6.45) is 3.90. The molecule has 5 heteroatoms. The third-order valence-electron chi connectivity index (χ3n) is 4.04. The zero-order valence-corrected chi connectivity index (χ0v) is 10.7. The van der Waals surface area contributed by atoms with Gasteiger partial charge in [0.2, 0.25) is 0 Å². The lowest BCUT2D eigenvalue weighted by molar-refractivity contribution is 0.212. The lowest BCUT2D eigenvalue weighted by Crippen LogP contribution is -2.40. The molecule has 3 N–H and O–H groups in total. The van der Waals surface area contributed by atoms with Crippen LogP contribution in [0.4, 0.5) is 0 Å². The van der Waals surface area contributed by atoms with Gasteiger partial charge in [-0.15, -0.1) is 0 Å². The van der Waals surface area contributed by atoms with Crippen LogP contribution in [0, 0.1) is 5.92 Å². The van der Waals surface area contributed by atoms with Gasteiger partial charge in [-0.2, -0.15) is 0 Å². The molecule has 0 spiro atoms. The topological polar surface area (TPSA) is 65.1 Å². The number of nitrogens with two attached hydrogens (primary N) is 1. The second-order valence-corrected chi connectivity index (χ2v) is 5.37. The molecule has 2 aliphatic rings. The molecule has 2 unspecified atom stereocenters. The second kappa shape index (κ2) is 5.69. The Morgan fingerprint density at radius 1 is 1.41 bits per heavy atom. The summed E-state index contributed by atoms with van der Waals surface area (Å²) in [6, 6.07) is 0.733. The van der Waals surface area contributed by atoms with Crippen molar-refractivity contribution < 1.29 is 5.21 Å². The van der Waals surface area contributed by atoms with Gasteiger partial charge in [-0.25, -0.2) is 0 Å². The fourth-order valence-electron chi connectivity index (χ4n) is 3.03. The predicted octanol–water partition coefficient (Wildman–Crippen LogP) is 0.539. The van der Waals surface area contributed by atoms with Crippen molar-refractivity contribution in [3.63, 3.8) is 0 Å². The van der Waals surface area contributed by atoms with E-state index in [1.807, 2.05) is 6.92 Å². The number of rotatable bonds is 3. The number of nitrogens with zero attached hydrogens (tertiary/aromatic N) is 3. The Hall–Kier alpha value is -0.810. The Labute approximate surface area is 103 Å². The first-order chi connectivity index (χ1) is 8.20. The monoisotopic (exact) mass is 240 g/mol. The smallest absolute Gasteiger partial charge is 0.143 e. The molecule has 0 aromatic rings. The predicted molar refractivity (Wildman–Crippen MR) is 68.2 cm³/mol. The summed E-state index contributed by atoms with van der Waals surface area (Å²) >= 11 is 0. The van der Waals surface area contributed by atoms with Crippen LogP contribution >= 0.6 is 0 Å². The fraction of sp³-hybridized carbons (Fsp3) is 0.917. The molecule has 98 valence electrons. The minimum absolute atomic E-state index is 0.132. The first-order valence-electron chi connectivity index (χ1n) is 6.64. The molecule has 2 heterocycles. The third kappa shape index (κ3) is 3.10. The highest BCUT2D eigenvalue weighted by Gasteiger charge is 2.29. The van der Waals surface area contributed by atoms with Gasteiger partial charge in [0.15, 0.2) is 0 Å². The maximum Gasteiger partial charge on any atom is 0.143 e. The van der Waals surface area contributed by atoms with Crippen molar-refractivity contribution in [2.75, 3.05) is 32.7 Å². The molecule has 2 aliphatic heterocycles. The van der Waals surface area contributed by atoms with E-state index in [0.29, 0.717) is 5.84 Å². The zero-order valence-electron chi connectivity index (χ0n) is 10.7. The molecule has 5 nitrogen and oxygen atoms in total. The Kier molecular flexibility index (Phi) is 4.23. The van der Waals surface area contributed by atoms with Crippen molar-refractivity contribution in [1.82, 2.24) is 9.80 Å². The first kappa shape index (κ1) is 12.6. The van der Waals surface area contributed by atoms with E-state index in [-0.39, 0.29) is 5.92 Å². The Balaban J connectivity index is 1.88. The molecule has 2 saturated heterocycles. The largest absolute Gasteiger partial charge is 0.409 e. The van der Waals surface area contributed by atoms with E-state index in [1.54, 1.807) is 0 Å². The molecule has 0 aromatic heterocycles. The van der Waals surface area contributed by atoms with Gasteiger partial charge in [0.1, 0.15) is 5.84 Å². The van der Waals surface area contributed by atoms with E-state index in [9.17, 15) is 0 Å². The molecule has 0 amide bonds. The molecular weight excluding hydrogens is 216 g/mol. The van der Waals surface area contributed by atoms with Gasteiger partial charge in [-0.1, -0.05) is 12.1 Å². The first-order valence-corrected chi connectivity index (χ1v) is 6.64. The fourth-order valence-corrected chi connectivity index (χ4v) is 3.03. The van der Waals surface area contributed by atoms with Crippen LogP contribution in [0.3, 0.4) is 0 Å². The van der Waals surface area contributed by atoms with Gasteiger partial charge >= 0.3 is 0 Å². The van der Waals surface area contributed by atoms with Gasteiger partial charge < -0.3 is 15.8 Å². The summed E-state index contributed by atoms with van der Waals surface area (Å²) in [5.74, 6) is 0.477. The van der Waals surface area contributed by atoms with Crippen molar-refractivity contribution in [3.05, 3.63) is 0 Å². The van der Waals surface area contributed by atoms with Gasteiger partial charge in [-0.3, -0.25) is 4.90 Å². The summed E-state index contributed by atoms with van der Waals surface area (Å²) in [5.41, 5.74) is 5.64. The average Bonchev–Trinajstić information content (AvgIpc) is 2.67. The Morgan fingerprint density at radius 3 is 2.94 bits per heavy atom. The Bertz CT molecular complexity index is 282. The standard InChI is InChI=1S/C12H24N4O/c1-10(12(13)14-17)8-15-5-3-7-16-6-2-4-11(16)9-15/h10-11,17H,2-9H2,1H3,(H2,13,14). The van der Waals surface area contributed by atoms with Crippen LogP contribution in [0.5, 0.6) is 0 Å². The summed E-state index contributed by atoms with van der Waals surface area (Å²) < 4.78 is 0. The summed E-state index contributed by atoms with van der Waals surface area (Å²) in [4.78, 5) is 5.09. The van der Waals surface area contributed by atoms with Gasteiger partial charge in [0, 0.05) is 25.0 Å². The summed E-state index contributed by atoms with van der Waals surface area (Å²) in [5, 5.41) is 11.8. The van der Waals surface area contributed by atoms with E-state index in [4.69, 9.17) is 10.9 Å². The highest BCUT2D eigenvalue weighted by Crippen LogP contribution is 2.21. The SMILES string of the molecule is CC(CN1CCCN2CCCC2C1)C(N)=NO. The molecule has 0 saturated carbocycles. The highest BCUT2D eigenvalue weighted by atomic mass is 16.4. The molecule has 17 heavy (non-hydrogen) atoms. The van der Waals surface area contributed by atoms with Crippen LogP contribution in [0.15, 0.2) is 5.16 Å². The summed E-state index contributed by atoms with van der Waals surface area (Å²) in [7, 11) is 0. The van der Waals surface area contributed by atoms with E-state index < -0.39 is 0 Å². The van der Waals surface area contributed by atoms with Crippen LogP contribution in [-0.2, 0) is 0 Å². The van der Waals surface area contributed by atoms with Crippen molar-refractivity contribution in [2.24, 2.45) is 16.8 Å². The zero-order chi connectivity index (χ0) is 12.3. The van der Waals surface area contributed by atoms with Crippen molar-refractivity contribution in [3.8, 4) is 0 Å². The van der Waals surface area contributed by atoms with E-state index in [1.165, 1.54) is 32.4 Å². The van der Waals surface area contributed by atoms with Crippen LogP contribution < -0.4 is 5.73 Å². The lowest BCUT2D eigenvalue weighted by Gasteiger charge is -2.27. The molecule has 0 aliphatic carbocycles. The minimum Gasteiger partial charge on any atom is -0.409 e. The molecule has 2 rings (SSSR count). The number of hydrogen-bond donors (Lipinski definition) is 2. The number of hydrogen-bond acceptors (Lipinski definition) is 4. The minimum atomic E-state index is 0.132. The second-order valence-electron chi connectivity index (χ2n) is 5.37. The van der Waals surface area contributed by atoms with Crippen molar-refractivity contribution >= 4 is 5.84 Å². The molecule has 2 atom stereocenters. The maximum atomic E-state index is 8.68. The van der Waals surface area contributed by atoms with Crippen LogP contribution in [0.2, 0.25) is 0 Å². The van der Waals surface area contributed by atoms with Gasteiger partial charge in [-0.05, 0) is 38.9 Å². The summed E-state index contributed by atoms with van der Waals surface area (Å²) in [6.45, 7) is 7.71. The molecule has 0 aromatic carbocycles. The maximum absolute atomic E-state index is 8.68. The van der Waals surface area contributed by atoms with E-state index >= 15 is 0 Å². The third-order valence-corrected chi connectivity index (χ3v) is 4.04. The molecule has 2 fully saturated rings. The van der Waals surface area contributed by atoms with Crippen molar-refractivity contribution in [1.29, 1.82) is 0 Å². The molecular formula is C12H24N4O. The lowest BCUT2D eigenvalue weighted by atomic mass is 10.1. The molecule has 0 radical (unpaired) electrons. The number of oxime groups is 1. The van der Waals surface area contributed by atoms with Crippen LogP contribution in [0.25, 0.3) is 0 Å². The van der Waals surface area contributed by atoms with Crippen LogP contribution in [0.1, 0.15) is 26.2 Å². The normalized spacial score (nSPS) is 29.9. The van der Waals surface area contributed by atoms with Gasteiger partial charge in [0.05, 0.1) is 0 Å². The van der Waals surface area contributed by atoms with E-state index in [2.05, 4.69) is 15.0 Å². The Morgan fingerprint density at radius 2 is 2.18 bits per heavy atom.